The molecule has 18 heavy (non-hydrogen) atoms. The van der Waals surface area contributed by atoms with Crippen molar-refractivity contribution in [3.8, 4) is 11.3 Å². The molecule has 0 atom stereocenters. The molecule has 0 aliphatic rings. The molecule has 0 aliphatic carbocycles. The first-order valence-electron chi connectivity index (χ1n) is 5.68. The maximum atomic E-state index is 5.61. The molecule has 0 radical (unpaired) electrons. The fourth-order valence-corrected chi connectivity index (χ4v) is 1.88. The summed E-state index contributed by atoms with van der Waals surface area (Å²) in [5.74, 6) is 0.434. The van der Waals surface area contributed by atoms with Crippen molar-refractivity contribution in [1.82, 2.24) is 15.0 Å². The Morgan fingerprint density at radius 3 is 2.72 bits per heavy atom. The van der Waals surface area contributed by atoms with E-state index < -0.39 is 0 Å². The number of aryl methyl sites for hydroxylation is 1. The Balaban J connectivity index is 2.16. The van der Waals surface area contributed by atoms with E-state index in [1.54, 1.807) is 6.20 Å². The highest BCUT2D eigenvalue weighted by Gasteiger charge is 2.03. The summed E-state index contributed by atoms with van der Waals surface area (Å²) in [6.07, 6.45) is 3.37. The standard InChI is InChI=1S/C14H12N4/c1-9-4-5-16-12(6-9)10-2-3-11-13(7-10)17-8-14(15)18-11/h2-8H,1H3,(H2,15,18). The first kappa shape index (κ1) is 10.7. The molecule has 0 amide bonds. The third-order valence-electron chi connectivity index (χ3n) is 2.77. The van der Waals surface area contributed by atoms with E-state index in [-0.39, 0.29) is 0 Å². The number of nitrogens with two attached hydrogens (primary N) is 1. The first-order chi connectivity index (χ1) is 8.72. The van der Waals surface area contributed by atoms with Crippen LogP contribution in [0, 0.1) is 6.92 Å². The number of anilines is 1. The van der Waals surface area contributed by atoms with E-state index >= 15 is 0 Å². The summed E-state index contributed by atoms with van der Waals surface area (Å²) in [6, 6.07) is 9.90. The lowest BCUT2D eigenvalue weighted by Gasteiger charge is -2.03. The summed E-state index contributed by atoms with van der Waals surface area (Å²) in [5.41, 5.74) is 10.4. The Bertz CT molecular complexity index is 722. The Morgan fingerprint density at radius 2 is 1.89 bits per heavy atom. The third-order valence-corrected chi connectivity index (χ3v) is 2.77. The molecular weight excluding hydrogens is 224 g/mol. The van der Waals surface area contributed by atoms with Crippen molar-refractivity contribution in [3.05, 3.63) is 48.3 Å². The highest BCUT2D eigenvalue weighted by Crippen LogP contribution is 2.21. The van der Waals surface area contributed by atoms with E-state index in [0.717, 1.165) is 22.3 Å². The lowest BCUT2D eigenvalue weighted by molar-refractivity contribution is 1.27. The number of aromatic nitrogens is 3. The molecule has 0 bridgehead atoms. The van der Waals surface area contributed by atoms with Crippen LogP contribution in [-0.4, -0.2) is 15.0 Å². The number of hydrogen-bond acceptors (Lipinski definition) is 4. The number of hydrogen-bond donors (Lipinski definition) is 1. The molecule has 3 rings (SSSR count). The van der Waals surface area contributed by atoms with Gasteiger partial charge in [0.1, 0.15) is 5.82 Å². The van der Waals surface area contributed by atoms with Crippen LogP contribution in [0.4, 0.5) is 5.82 Å². The van der Waals surface area contributed by atoms with Crippen LogP contribution in [0.2, 0.25) is 0 Å². The zero-order valence-corrected chi connectivity index (χ0v) is 9.96. The van der Waals surface area contributed by atoms with Crippen molar-refractivity contribution in [2.75, 3.05) is 5.73 Å². The zero-order chi connectivity index (χ0) is 12.5. The fraction of sp³-hybridized carbons (Fsp3) is 0.0714. The van der Waals surface area contributed by atoms with Crippen molar-refractivity contribution < 1.29 is 0 Å². The van der Waals surface area contributed by atoms with Crippen LogP contribution in [0.15, 0.2) is 42.7 Å². The maximum Gasteiger partial charge on any atom is 0.142 e. The predicted molar refractivity (Wildman–Crippen MR) is 71.9 cm³/mol. The Labute approximate surface area is 105 Å². The molecule has 0 spiro atoms. The molecule has 0 aliphatic heterocycles. The lowest BCUT2D eigenvalue weighted by Crippen LogP contribution is -1.93. The molecule has 88 valence electrons. The number of pyridine rings is 1. The average Bonchev–Trinajstić information content (AvgIpc) is 2.38. The number of rotatable bonds is 1. The van der Waals surface area contributed by atoms with Crippen LogP contribution in [0.5, 0.6) is 0 Å². The van der Waals surface area contributed by atoms with Crippen molar-refractivity contribution in [2.45, 2.75) is 6.92 Å². The summed E-state index contributed by atoms with van der Waals surface area (Å²) in [7, 11) is 0. The van der Waals surface area contributed by atoms with Crippen molar-refractivity contribution >= 4 is 16.9 Å². The van der Waals surface area contributed by atoms with Crippen LogP contribution in [0.3, 0.4) is 0 Å². The number of benzene rings is 1. The summed E-state index contributed by atoms with van der Waals surface area (Å²) in [6.45, 7) is 2.05. The van der Waals surface area contributed by atoms with Gasteiger partial charge in [0.15, 0.2) is 0 Å². The van der Waals surface area contributed by atoms with Crippen molar-refractivity contribution in [3.63, 3.8) is 0 Å². The molecule has 0 unspecified atom stereocenters. The van der Waals surface area contributed by atoms with Gasteiger partial charge in [-0.15, -0.1) is 0 Å². The Kier molecular flexibility index (Phi) is 2.41. The van der Waals surface area contributed by atoms with Gasteiger partial charge in [0.25, 0.3) is 0 Å². The van der Waals surface area contributed by atoms with E-state index in [1.807, 2.05) is 43.5 Å². The average molecular weight is 236 g/mol. The molecule has 3 aromatic rings. The van der Waals surface area contributed by atoms with Gasteiger partial charge in [0.2, 0.25) is 0 Å². The van der Waals surface area contributed by atoms with Crippen molar-refractivity contribution in [2.24, 2.45) is 0 Å². The van der Waals surface area contributed by atoms with Crippen molar-refractivity contribution in [1.29, 1.82) is 0 Å². The van der Waals surface area contributed by atoms with Gasteiger partial charge < -0.3 is 5.73 Å². The van der Waals surface area contributed by atoms with Crippen LogP contribution >= 0.6 is 0 Å². The van der Waals surface area contributed by atoms with Gasteiger partial charge in [-0.25, -0.2) is 4.98 Å². The summed E-state index contributed by atoms with van der Waals surface area (Å²) >= 11 is 0. The van der Waals surface area contributed by atoms with Gasteiger partial charge in [0.05, 0.1) is 22.9 Å². The third kappa shape index (κ3) is 1.88. The largest absolute Gasteiger partial charge is 0.382 e. The zero-order valence-electron chi connectivity index (χ0n) is 9.96. The summed E-state index contributed by atoms with van der Waals surface area (Å²) in [4.78, 5) is 12.9. The number of fused-ring (bicyclic) bond motifs is 1. The number of nitrogens with zero attached hydrogens (tertiary/aromatic N) is 3. The second kappa shape index (κ2) is 4.07. The van der Waals surface area contributed by atoms with E-state index in [9.17, 15) is 0 Å². The monoisotopic (exact) mass is 236 g/mol. The molecule has 0 saturated carbocycles. The molecule has 4 nitrogen and oxygen atoms in total. The minimum Gasteiger partial charge on any atom is -0.382 e. The van der Waals surface area contributed by atoms with Gasteiger partial charge in [-0.1, -0.05) is 6.07 Å². The van der Waals surface area contributed by atoms with Gasteiger partial charge in [-0.05, 0) is 36.8 Å². The molecule has 1 aromatic carbocycles. The quantitative estimate of drug-likeness (QED) is 0.705. The minimum absolute atomic E-state index is 0.434. The smallest absolute Gasteiger partial charge is 0.142 e. The van der Waals surface area contributed by atoms with Crippen LogP contribution in [-0.2, 0) is 0 Å². The molecule has 2 heterocycles. The Hall–Kier alpha value is -2.49. The van der Waals surface area contributed by atoms with Gasteiger partial charge in [-0.2, -0.15) is 0 Å². The van der Waals surface area contributed by atoms with Gasteiger partial charge in [0, 0.05) is 11.8 Å². The van der Waals surface area contributed by atoms with Crippen LogP contribution in [0.25, 0.3) is 22.3 Å². The van der Waals surface area contributed by atoms with Gasteiger partial charge >= 0.3 is 0 Å². The van der Waals surface area contributed by atoms with E-state index in [1.165, 1.54) is 5.56 Å². The number of nitrogen functional groups attached to an aromatic ring is 1. The van der Waals surface area contributed by atoms with E-state index in [2.05, 4.69) is 15.0 Å². The Morgan fingerprint density at radius 1 is 1.00 bits per heavy atom. The minimum atomic E-state index is 0.434. The molecule has 2 N–H and O–H groups in total. The van der Waals surface area contributed by atoms with Crippen LogP contribution < -0.4 is 5.73 Å². The molecule has 0 saturated heterocycles. The summed E-state index contributed by atoms with van der Waals surface area (Å²) in [5, 5.41) is 0. The fourth-order valence-electron chi connectivity index (χ4n) is 1.88. The van der Waals surface area contributed by atoms with Gasteiger partial charge in [-0.3, -0.25) is 9.97 Å². The highest BCUT2D eigenvalue weighted by molar-refractivity contribution is 5.81. The van der Waals surface area contributed by atoms with E-state index in [0.29, 0.717) is 5.82 Å². The molecule has 4 heteroatoms. The maximum absolute atomic E-state index is 5.61. The second-order valence-corrected chi connectivity index (χ2v) is 4.22. The molecule has 0 fully saturated rings. The molecule has 2 aromatic heterocycles. The highest BCUT2D eigenvalue weighted by atomic mass is 14.9. The SMILES string of the molecule is Cc1ccnc(-c2ccc3nc(N)cnc3c2)c1. The normalized spacial score (nSPS) is 10.7. The lowest BCUT2D eigenvalue weighted by atomic mass is 10.1. The first-order valence-corrected chi connectivity index (χ1v) is 5.68. The summed E-state index contributed by atoms with van der Waals surface area (Å²) < 4.78 is 0. The van der Waals surface area contributed by atoms with Crippen LogP contribution in [0.1, 0.15) is 5.56 Å². The second-order valence-electron chi connectivity index (χ2n) is 4.22. The predicted octanol–water partition coefficient (Wildman–Crippen LogP) is 2.58. The molecular formula is C14H12N4. The topological polar surface area (TPSA) is 64.7 Å². The van der Waals surface area contributed by atoms with E-state index in [4.69, 9.17) is 5.73 Å².